The summed E-state index contributed by atoms with van der Waals surface area (Å²) in [6.07, 6.45) is -0.546. The first-order valence-corrected chi connectivity index (χ1v) is 9.51. The van der Waals surface area contributed by atoms with Gasteiger partial charge in [-0.25, -0.2) is 0 Å². The van der Waals surface area contributed by atoms with E-state index in [9.17, 15) is 9.90 Å². The molecule has 2 aromatic carbocycles. The molecular formula is C22H31N3O3. The van der Waals surface area contributed by atoms with Gasteiger partial charge < -0.3 is 25.4 Å². The number of carbonyl (C=O) groups is 1. The van der Waals surface area contributed by atoms with Crippen LogP contribution in [0.4, 0.5) is 0 Å². The van der Waals surface area contributed by atoms with Crippen LogP contribution < -0.4 is 15.4 Å². The molecule has 6 nitrogen and oxygen atoms in total. The number of para-hydroxylation sites is 1. The van der Waals surface area contributed by atoms with Gasteiger partial charge in [0.15, 0.2) is 6.61 Å². The molecule has 152 valence electrons. The molecule has 0 aromatic heterocycles. The van der Waals surface area contributed by atoms with Crippen LogP contribution in [0.5, 0.6) is 5.75 Å². The Balaban J connectivity index is 1.97. The van der Waals surface area contributed by atoms with Gasteiger partial charge in [-0.3, -0.25) is 4.79 Å². The third-order valence-electron chi connectivity index (χ3n) is 4.52. The smallest absolute Gasteiger partial charge is 0.257 e. The average Bonchev–Trinajstić information content (AvgIpc) is 2.71. The molecule has 0 aliphatic heterocycles. The van der Waals surface area contributed by atoms with E-state index in [1.807, 2.05) is 68.7 Å². The van der Waals surface area contributed by atoms with Crippen molar-refractivity contribution < 1.29 is 14.6 Å². The number of nitrogens with zero attached hydrogens (tertiary/aromatic N) is 1. The Labute approximate surface area is 167 Å². The zero-order chi connectivity index (χ0) is 20.4. The zero-order valence-electron chi connectivity index (χ0n) is 16.9. The summed E-state index contributed by atoms with van der Waals surface area (Å²) in [6.45, 7) is 1.99. The van der Waals surface area contributed by atoms with Gasteiger partial charge in [0.2, 0.25) is 0 Å². The van der Waals surface area contributed by atoms with Crippen LogP contribution in [0.25, 0.3) is 0 Å². The summed E-state index contributed by atoms with van der Waals surface area (Å²) in [6, 6.07) is 17.4. The maximum Gasteiger partial charge on any atom is 0.257 e. The first-order valence-electron chi connectivity index (χ1n) is 9.51. The number of hydrogen-bond donors (Lipinski definition) is 3. The number of benzene rings is 2. The lowest BCUT2D eigenvalue weighted by Gasteiger charge is -2.27. The monoisotopic (exact) mass is 385 g/mol. The Morgan fingerprint density at radius 1 is 1.11 bits per heavy atom. The molecule has 2 aromatic rings. The minimum atomic E-state index is -0.546. The van der Waals surface area contributed by atoms with Crippen LogP contribution in [0.1, 0.15) is 17.2 Å². The fourth-order valence-electron chi connectivity index (χ4n) is 3.07. The van der Waals surface area contributed by atoms with Crippen molar-refractivity contribution in [3.63, 3.8) is 0 Å². The second-order valence-electron chi connectivity index (χ2n) is 7.08. The van der Waals surface area contributed by atoms with Gasteiger partial charge in [0.25, 0.3) is 5.91 Å². The summed E-state index contributed by atoms with van der Waals surface area (Å²) < 4.78 is 5.62. The van der Waals surface area contributed by atoms with E-state index in [1.165, 1.54) is 0 Å². The number of likely N-dealkylation sites (N-methyl/N-ethyl adjacent to an activating group) is 1. The van der Waals surface area contributed by atoms with Crippen LogP contribution in [0.2, 0.25) is 0 Å². The number of nitrogens with one attached hydrogen (secondary N) is 2. The van der Waals surface area contributed by atoms with Crippen LogP contribution in [0.15, 0.2) is 54.6 Å². The molecule has 2 rings (SSSR count). The summed E-state index contributed by atoms with van der Waals surface area (Å²) in [5, 5.41) is 16.8. The average molecular weight is 386 g/mol. The highest BCUT2D eigenvalue weighted by atomic mass is 16.5. The fourth-order valence-corrected chi connectivity index (χ4v) is 3.07. The molecule has 3 N–H and O–H groups in total. The van der Waals surface area contributed by atoms with Crippen molar-refractivity contribution in [1.29, 1.82) is 0 Å². The summed E-state index contributed by atoms with van der Waals surface area (Å²) in [4.78, 5) is 13.5. The van der Waals surface area contributed by atoms with Gasteiger partial charge in [0.1, 0.15) is 5.75 Å². The normalized spacial score (nSPS) is 13.2. The maximum absolute atomic E-state index is 11.4. The van der Waals surface area contributed by atoms with Crippen molar-refractivity contribution in [2.45, 2.75) is 12.6 Å². The van der Waals surface area contributed by atoms with E-state index in [0.717, 1.165) is 17.7 Å². The van der Waals surface area contributed by atoms with Crippen LogP contribution >= 0.6 is 0 Å². The van der Waals surface area contributed by atoms with Gasteiger partial charge in [-0.05, 0) is 25.7 Å². The minimum absolute atomic E-state index is 0.0104. The van der Waals surface area contributed by atoms with E-state index < -0.39 is 6.10 Å². The van der Waals surface area contributed by atoms with Gasteiger partial charge in [0, 0.05) is 38.2 Å². The number of carbonyl (C=O) groups excluding carboxylic acids is 1. The molecule has 2 atom stereocenters. The molecule has 0 saturated heterocycles. The van der Waals surface area contributed by atoms with Crippen molar-refractivity contribution in [2.75, 3.05) is 40.8 Å². The standard InChI is InChI=1S/C22H31N3O3/c1-23-21(26)16-28-20-12-8-7-11-18(20)13-24-14-19(15-25(2)3)22(27)17-9-5-4-6-10-17/h4-12,19,22,24,27H,13-16H2,1-3H3,(H,23,26)/t19-,22+/m0/s1. The summed E-state index contributed by atoms with van der Waals surface area (Å²) in [7, 11) is 5.60. The lowest BCUT2D eigenvalue weighted by Crippen LogP contribution is -2.34. The molecular weight excluding hydrogens is 354 g/mol. The molecule has 0 unspecified atom stereocenters. The quantitative estimate of drug-likeness (QED) is 0.550. The van der Waals surface area contributed by atoms with Gasteiger partial charge >= 0.3 is 0 Å². The van der Waals surface area contributed by atoms with Gasteiger partial charge in [-0.2, -0.15) is 0 Å². The third-order valence-corrected chi connectivity index (χ3v) is 4.52. The maximum atomic E-state index is 11.4. The molecule has 0 bridgehead atoms. The number of aliphatic hydroxyl groups excluding tert-OH is 1. The van der Waals surface area contributed by atoms with Crippen molar-refractivity contribution >= 4 is 5.91 Å². The van der Waals surface area contributed by atoms with E-state index in [4.69, 9.17) is 4.74 Å². The number of rotatable bonds is 11. The van der Waals surface area contributed by atoms with Crippen molar-refractivity contribution in [1.82, 2.24) is 15.5 Å². The van der Waals surface area contributed by atoms with Gasteiger partial charge in [0.05, 0.1) is 6.10 Å². The molecule has 0 fully saturated rings. The van der Waals surface area contributed by atoms with Crippen LogP contribution in [0.3, 0.4) is 0 Å². The molecule has 0 spiro atoms. The highest BCUT2D eigenvalue weighted by molar-refractivity contribution is 5.77. The number of ether oxygens (including phenoxy) is 1. The Morgan fingerprint density at radius 2 is 1.79 bits per heavy atom. The first kappa shape index (κ1) is 21.9. The highest BCUT2D eigenvalue weighted by Crippen LogP contribution is 2.23. The summed E-state index contributed by atoms with van der Waals surface area (Å²) in [5.74, 6) is 0.558. The second-order valence-corrected chi connectivity index (χ2v) is 7.08. The van der Waals surface area contributed by atoms with E-state index in [-0.39, 0.29) is 18.4 Å². The number of amides is 1. The predicted octanol–water partition coefficient (Wildman–Crippen LogP) is 1.81. The first-order chi connectivity index (χ1) is 13.5. The molecule has 0 saturated carbocycles. The van der Waals surface area contributed by atoms with Gasteiger partial charge in [-0.15, -0.1) is 0 Å². The molecule has 0 aliphatic carbocycles. The molecule has 28 heavy (non-hydrogen) atoms. The Bertz CT molecular complexity index is 722. The minimum Gasteiger partial charge on any atom is -0.483 e. The zero-order valence-corrected chi connectivity index (χ0v) is 16.9. The van der Waals surface area contributed by atoms with Crippen LogP contribution in [-0.4, -0.2) is 56.8 Å². The lowest BCUT2D eigenvalue weighted by molar-refractivity contribution is -0.122. The Kier molecular flexibility index (Phi) is 8.94. The molecule has 0 radical (unpaired) electrons. The highest BCUT2D eigenvalue weighted by Gasteiger charge is 2.21. The SMILES string of the molecule is CNC(=O)COc1ccccc1CNC[C@@H](CN(C)C)[C@H](O)c1ccccc1. The van der Waals surface area contributed by atoms with E-state index in [2.05, 4.69) is 15.5 Å². The molecule has 0 heterocycles. The molecule has 0 aliphatic rings. The predicted molar refractivity (Wildman–Crippen MR) is 111 cm³/mol. The topological polar surface area (TPSA) is 73.8 Å². The lowest BCUT2D eigenvalue weighted by atomic mass is 9.95. The fraction of sp³-hybridized carbons (Fsp3) is 0.409. The van der Waals surface area contributed by atoms with Crippen LogP contribution in [0, 0.1) is 5.92 Å². The van der Waals surface area contributed by atoms with Crippen molar-refractivity contribution in [3.8, 4) is 5.75 Å². The molecule has 1 amide bonds. The largest absolute Gasteiger partial charge is 0.483 e. The third kappa shape index (κ3) is 6.96. The Hall–Kier alpha value is -2.41. The molecule has 6 heteroatoms. The number of aliphatic hydroxyl groups is 1. The van der Waals surface area contributed by atoms with Gasteiger partial charge in [-0.1, -0.05) is 48.5 Å². The Morgan fingerprint density at radius 3 is 2.46 bits per heavy atom. The van der Waals surface area contributed by atoms with Crippen LogP contribution in [-0.2, 0) is 11.3 Å². The van der Waals surface area contributed by atoms with E-state index >= 15 is 0 Å². The van der Waals surface area contributed by atoms with Crippen molar-refractivity contribution in [2.24, 2.45) is 5.92 Å². The van der Waals surface area contributed by atoms with E-state index in [0.29, 0.717) is 18.8 Å². The summed E-state index contributed by atoms with van der Waals surface area (Å²) in [5.41, 5.74) is 1.90. The summed E-state index contributed by atoms with van der Waals surface area (Å²) >= 11 is 0. The van der Waals surface area contributed by atoms with E-state index in [1.54, 1.807) is 7.05 Å². The second kappa shape index (κ2) is 11.4. The van der Waals surface area contributed by atoms with Crippen molar-refractivity contribution in [3.05, 3.63) is 65.7 Å². The number of hydrogen-bond acceptors (Lipinski definition) is 5.